The molecule has 0 atom stereocenters. The number of unbranched alkanes of at least 4 members (excludes halogenated alkanes) is 1. The largest absolute Gasteiger partial charge is 0.497 e. The molecule has 6 heteroatoms. The molecule has 28 heavy (non-hydrogen) atoms. The predicted molar refractivity (Wildman–Crippen MR) is 119 cm³/mol. The van der Waals surface area contributed by atoms with Gasteiger partial charge < -0.3 is 19.9 Å². The van der Waals surface area contributed by atoms with E-state index in [4.69, 9.17) is 4.74 Å². The van der Waals surface area contributed by atoms with Crippen molar-refractivity contribution >= 4 is 27.6 Å². The van der Waals surface area contributed by atoms with E-state index >= 15 is 0 Å². The summed E-state index contributed by atoms with van der Waals surface area (Å²) in [5.74, 6) is 0.785. The molecule has 0 saturated carbocycles. The van der Waals surface area contributed by atoms with Crippen LogP contribution < -0.4 is 10.1 Å². The zero-order valence-corrected chi connectivity index (χ0v) is 18.3. The fourth-order valence-corrected chi connectivity index (χ4v) is 3.00. The van der Waals surface area contributed by atoms with Crippen molar-refractivity contribution in [2.75, 3.05) is 45.7 Å². The predicted octanol–water partition coefficient (Wildman–Crippen LogP) is 5.09. The number of carbonyl (C=O) groups is 1. The van der Waals surface area contributed by atoms with Gasteiger partial charge in [-0.25, -0.2) is 4.79 Å². The number of anilines is 1. The van der Waals surface area contributed by atoms with Crippen LogP contribution in [0.4, 0.5) is 10.5 Å². The first-order chi connectivity index (χ1) is 13.6. The first-order valence-electron chi connectivity index (χ1n) is 9.67. The second-order valence-corrected chi connectivity index (χ2v) is 7.69. The van der Waals surface area contributed by atoms with Crippen molar-refractivity contribution in [2.45, 2.75) is 19.3 Å². The molecule has 0 aliphatic carbocycles. The van der Waals surface area contributed by atoms with Crippen LogP contribution in [0.15, 0.2) is 59.1 Å². The minimum absolute atomic E-state index is 0.0656. The van der Waals surface area contributed by atoms with Gasteiger partial charge in [0.2, 0.25) is 0 Å². The van der Waals surface area contributed by atoms with Crippen molar-refractivity contribution < 1.29 is 9.53 Å². The molecule has 152 valence electrons. The summed E-state index contributed by atoms with van der Waals surface area (Å²) in [7, 11) is 3.46. The Morgan fingerprint density at radius 1 is 1.11 bits per heavy atom. The molecule has 0 spiro atoms. The van der Waals surface area contributed by atoms with Crippen molar-refractivity contribution in [2.24, 2.45) is 0 Å². The van der Waals surface area contributed by atoms with Gasteiger partial charge in [0.05, 0.1) is 7.11 Å². The van der Waals surface area contributed by atoms with Gasteiger partial charge in [-0.15, -0.1) is 0 Å². The Morgan fingerprint density at radius 3 is 2.29 bits per heavy atom. The van der Waals surface area contributed by atoms with E-state index in [-0.39, 0.29) is 6.03 Å². The number of nitrogens with zero attached hydrogens (tertiary/aromatic N) is 2. The number of methoxy groups -OCH3 is 1. The van der Waals surface area contributed by atoms with Crippen LogP contribution in [-0.4, -0.2) is 56.2 Å². The Morgan fingerprint density at radius 2 is 1.79 bits per heavy atom. The van der Waals surface area contributed by atoms with Crippen molar-refractivity contribution in [1.29, 1.82) is 0 Å². The molecule has 3 rings (SSSR count). The molecule has 0 aromatic heterocycles. The lowest BCUT2D eigenvalue weighted by Crippen LogP contribution is -2.38. The van der Waals surface area contributed by atoms with Crippen LogP contribution in [0.25, 0.3) is 0 Å². The third-order valence-corrected chi connectivity index (χ3v) is 5.12. The normalized spacial score (nSPS) is 13.0. The minimum Gasteiger partial charge on any atom is -0.497 e. The number of amides is 2. The molecule has 1 saturated heterocycles. The van der Waals surface area contributed by atoms with Gasteiger partial charge in [-0.1, -0.05) is 34.1 Å². The number of urea groups is 1. The number of nitrogens with one attached hydrogen (secondary N) is 1. The van der Waals surface area contributed by atoms with Crippen LogP contribution >= 0.6 is 15.9 Å². The molecule has 0 radical (unpaired) electrons. The Labute approximate surface area is 176 Å². The lowest BCUT2D eigenvalue weighted by Gasteiger charge is -2.30. The van der Waals surface area contributed by atoms with Crippen LogP contribution in [0.1, 0.15) is 19.3 Å². The second-order valence-electron chi connectivity index (χ2n) is 6.78. The molecule has 2 amide bonds. The number of ether oxygens (including phenoxy) is 1. The molecule has 1 aliphatic rings. The molecule has 2 aromatic carbocycles. The molecular weight excluding hydrogens is 418 g/mol. The number of halogens is 1. The minimum atomic E-state index is -0.0656. The molecule has 1 heterocycles. The average Bonchev–Trinajstić information content (AvgIpc) is 2.68. The third kappa shape index (κ3) is 8.31. The monoisotopic (exact) mass is 447 g/mol. The lowest BCUT2D eigenvalue weighted by atomic mass is 10.2. The SMILES string of the molecule is Brc1ccccc1.COc1ccc(NC(=O)N(C)CCCCN2CCC2)cc1. The van der Waals surface area contributed by atoms with Crippen LogP contribution in [0.5, 0.6) is 5.75 Å². The molecular formula is C22H30BrN3O2. The number of hydrogen-bond donors (Lipinski definition) is 1. The maximum atomic E-state index is 12.0. The van der Waals surface area contributed by atoms with Crippen LogP contribution in [0, 0.1) is 0 Å². The molecule has 5 nitrogen and oxygen atoms in total. The van der Waals surface area contributed by atoms with Gasteiger partial charge in [0.1, 0.15) is 5.75 Å². The Balaban J connectivity index is 0.000000336. The maximum Gasteiger partial charge on any atom is 0.321 e. The standard InChI is InChI=1S/C16H25N3O2.C6H5Br/c1-18(10-3-4-11-19-12-5-13-19)16(20)17-14-6-8-15(21-2)9-7-14;7-6-4-2-1-3-5-6/h6-9H,3-5,10-13H2,1-2H3,(H,17,20);1-5H. The molecule has 1 aliphatic heterocycles. The molecule has 1 fully saturated rings. The average molecular weight is 448 g/mol. The zero-order valence-electron chi connectivity index (χ0n) is 16.7. The van der Waals surface area contributed by atoms with E-state index in [1.54, 1.807) is 12.0 Å². The van der Waals surface area contributed by atoms with Crippen molar-refractivity contribution in [3.05, 3.63) is 59.1 Å². The molecule has 1 N–H and O–H groups in total. The highest BCUT2D eigenvalue weighted by atomic mass is 79.9. The number of likely N-dealkylation sites (tertiary alicyclic amines) is 1. The summed E-state index contributed by atoms with van der Waals surface area (Å²) >= 11 is 3.31. The van der Waals surface area contributed by atoms with E-state index in [1.165, 1.54) is 19.5 Å². The summed E-state index contributed by atoms with van der Waals surface area (Å²) in [6.45, 7) is 4.44. The molecule has 0 unspecified atom stereocenters. The van der Waals surface area contributed by atoms with E-state index < -0.39 is 0 Å². The maximum absolute atomic E-state index is 12.0. The van der Waals surface area contributed by atoms with Gasteiger partial charge in [-0.05, 0) is 75.3 Å². The summed E-state index contributed by atoms with van der Waals surface area (Å²) in [4.78, 5) is 16.2. The third-order valence-electron chi connectivity index (χ3n) is 4.59. The van der Waals surface area contributed by atoms with Crippen molar-refractivity contribution in [1.82, 2.24) is 9.80 Å². The highest BCUT2D eigenvalue weighted by Gasteiger charge is 2.13. The highest BCUT2D eigenvalue weighted by Crippen LogP contribution is 2.15. The topological polar surface area (TPSA) is 44.8 Å². The van der Waals surface area contributed by atoms with Crippen molar-refractivity contribution in [3.63, 3.8) is 0 Å². The summed E-state index contributed by atoms with van der Waals surface area (Å²) < 4.78 is 6.23. The van der Waals surface area contributed by atoms with Crippen LogP contribution in [0.3, 0.4) is 0 Å². The van der Waals surface area contributed by atoms with Gasteiger partial charge in [-0.3, -0.25) is 0 Å². The van der Waals surface area contributed by atoms with Gasteiger partial charge >= 0.3 is 6.03 Å². The fraction of sp³-hybridized carbons (Fsp3) is 0.409. The first kappa shape index (κ1) is 22.2. The fourth-order valence-electron chi connectivity index (χ4n) is 2.70. The van der Waals surface area contributed by atoms with Gasteiger partial charge in [0.25, 0.3) is 0 Å². The number of rotatable bonds is 7. The Hall–Kier alpha value is -2.05. The molecule has 0 bridgehead atoms. The Bertz CT molecular complexity index is 691. The van der Waals surface area contributed by atoms with Crippen LogP contribution in [-0.2, 0) is 0 Å². The summed E-state index contributed by atoms with van der Waals surface area (Å²) in [6, 6.07) is 17.3. The second kappa shape index (κ2) is 12.4. The van der Waals surface area contributed by atoms with Crippen LogP contribution in [0.2, 0.25) is 0 Å². The summed E-state index contributed by atoms with van der Waals surface area (Å²) in [5, 5.41) is 2.89. The number of benzene rings is 2. The number of hydrogen-bond acceptors (Lipinski definition) is 3. The number of carbonyl (C=O) groups excluding carboxylic acids is 1. The van der Waals surface area contributed by atoms with E-state index in [0.717, 1.165) is 41.8 Å². The van der Waals surface area contributed by atoms with Gasteiger partial charge in [-0.2, -0.15) is 0 Å². The van der Waals surface area contributed by atoms with E-state index in [0.29, 0.717) is 0 Å². The lowest BCUT2D eigenvalue weighted by molar-refractivity contribution is 0.175. The molecule has 2 aromatic rings. The van der Waals surface area contributed by atoms with E-state index in [1.807, 2.05) is 61.6 Å². The van der Waals surface area contributed by atoms with E-state index in [9.17, 15) is 4.79 Å². The first-order valence-corrected chi connectivity index (χ1v) is 10.5. The highest BCUT2D eigenvalue weighted by molar-refractivity contribution is 9.10. The van der Waals surface area contributed by atoms with E-state index in [2.05, 4.69) is 26.1 Å². The summed E-state index contributed by atoms with van der Waals surface area (Å²) in [6.07, 6.45) is 3.54. The van der Waals surface area contributed by atoms with Crippen molar-refractivity contribution in [3.8, 4) is 5.75 Å². The Kier molecular flexibility index (Phi) is 9.86. The quantitative estimate of drug-likeness (QED) is 0.600. The van der Waals surface area contributed by atoms with Gasteiger partial charge in [0.15, 0.2) is 0 Å². The summed E-state index contributed by atoms with van der Waals surface area (Å²) in [5.41, 5.74) is 0.785. The smallest absolute Gasteiger partial charge is 0.321 e. The van der Waals surface area contributed by atoms with Gasteiger partial charge in [0, 0.05) is 23.8 Å². The zero-order chi connectivity index (χ0) is 20.2.